The number of rotatable bonds is 7. The summed E-state index contributed by atoms with van der Waals surface area (Å²) in [7, 11) is 0. The summed E-state index contributed by atoms with van der Waals surface area (Å²) in [5.74, 6) is -2.31. The summed E-state index contributed by atoms with van der Waals surface area (Å²) >= 11 is 0. The standard InChI is InChI=1S/C27H28F3N5O/c1-2-36-33-26(20-4-6-22(28)23(29)13-20)24-7-3-19(14-31-24)16-34-11-9-27(10-12-34)17-35(18-27)21-5-8-25(30)32-15-21/h3-8,13-15H,2,9-12,16-18H2,1H3. The summed E-state index contributed by atoms with van der Waals surface area (Å²) in [6.45, 7) is 6.91. The molecule has 0 N–H and O–H groups in total. The molecule has 2 aliphatic rings. The SMILES string of the molecule is CCON=C(c1ccc(F)c(F)c1)c1ccc(CN2CCC3(CC2)CN(c2ccc(F)nc2)C3)cn1. The van der Waals surface area contributed by atoms with Crippen LogP contribution in [0.4, 0.5) is 18.9 Å². The highest BCUT2D eigenvalue weighted by Gasteiger charge is 2.44. The van der Waals surface area contributed by atoms with E-state index >= 15 is 0 Å². The molecule has 1 aromatic carbocycles. The Morgan fingerprint density at radius 2 is 1.78 bits per heavy atom. The number of piperidine rings is 1. The first-order valence-corrected chi connectivity index (χ1v) is 12.1. The van der Waals surface area contributed by atoms with E-state index in [1.165, 1.54) is 12.1 Å². The van der Waals surface area contributed by atoms with Gasteiger partial charge >= 0.3 is 0 Å². The van der Waals surface area contributed by atoms with E-state index in [2.05, 4.69) is 24.9 Å². The molecule has 5 rings (SSSR count). The molecular formula is C27H28F3N5O. The third-order valence-corrected chi connectivity index (χ3v) is 7.00. The Morgan fingerprint density at radius 1 is 0.972 bits per heavy atom. The van der Waals surface area contributed by atoms with Gasteiger partial charge in [0.15, 0.2) is 11.6 Å². The number of benzene rings is 1. The highest BCUT2D eigenvalue weighted by molar-refractivity contribution is 6.11. The van der Waals surface area contributed by atoms with Gasteiger partial charge in [-0.15, -0.1) is 0 Å². The van der Waals surface area contributed by atoms with Gasteiger partial charge in [-0.1, -0.05) is 11.2 Å². The second-order valence-corrected chi connectivity index (χ2v) is 9.51. The normalized spacial score (nSPS) is 17.8. The summed E-state index contributed by atoms with van der Waals surface area (Å²) in [6, 6.07) is 10.6. The number of pyridine rings is 2. The highest BCUT2D eigenvalue weighted by Crippen LogP contribution is 2.42. The maximum absolute atomic E-state index is 13.8. The fourth-order valence-electron chi connectivity index (χ4n) is 4.94. The lowest BCUT2D eigenvalue weighted by Gasteiger charge is -2.55. The van der Waals surface area contributed by atoms with Gasteiger partial charge in [0.2, 0.25) is 5.95 Å². The molecule has 1 spiro atoms. The van der Waals surface area contributed by atoms with Crippen LogP contribution in [0.2, 0.25) is 0 Å². The van der Waals surface area contributed by atoms with Gasteiger partial charge in [0.1, 0.15) is 12.3 Å². The van der Waals surface area contributed by atoms with Gasteiger partial charge in [-0.2, -0.15) is 4.39 Å². The molecule has 0 amide bonds. The molecule has 0 bridgehead atoms. The molecule has 6 nitrogen and oxygen atoms in total. The number of hydrogen-bond acceptors (Lipinski definition) is 6. The maximum atomic E-state index is 13.8. The molecule has 0 atom stereocenters. The van der Waals surface area contributed by atoms with E-state index in [0.29, 0.717) is 29.0 Å². The van der Waals surface area contributed by atoms with Gasteiger partial charge in [0, 0.05) is 36.8 Å². The van der Waals surface area contributed by atoms with Crippen LogP contribution in [0.3, 0.4) is 0 Å². The zero-order valence-electron chi connectivity index (χ0n) is 20.1. The number of nitrogens with zero attached hydrogens (tertiary/aromatic N) is 5. The number of aromatic nitrogens is 2. The van der Waals surface area contributed by atoms with E-state index in [0.717, 1.165) is 68.9 Å². The van der Waals surface area contributed by atoms with E-state index < -0.39 is 17.6 Å². The monoisotopic (exact) mass is 495 g/mol. The fraction of sp³-hybridized carbons (Fsp3) is 0.370. The summed E-state index contributed by atoms with van der Waals surface area (Å²) < 4.78 is 40.3. The Bertz CT molecular complexity index is 1220. The van der Waals surface area contributed by atoms with Crippen LogP contribution in [0, 0.1) is 23.0 Å². The van der Waals surface area contributed by atoms with Crippen LogP contribution in [0.25, 0.3) is 0 Å². The van der Waals surface area contributed by atoms with Crippen LogP contribution in [0.1, 0.15) is 36.6 Å². The number of hydrogen-bond donors (Lipinski definition) is 0. The van der Waals surface area contributed by atoms with Crippen molar-refractivity contribution in [1.29, 1.82) is 0 Å². The Balaban J connectivity index is 1.18. The number of likely N-dealkylation sites (tertiary alicyclic amines) is 1. The summed E-state index contributed by atoms with van der Waals surface area (Å²) in [5, 5.41) is 4.09. The highest BCUT2D eigenvalue weighted by atomic mass is 19.2. The van der Waals surface area contributed by atoms with Gasteiger partial charge in [-0.05, 0) is 74.8 Å². The van der Waals surface area contributed by atoms with Gasteiger partial charge in [-0.25, -0.2) is 13.8 Å². The van der Waals surface area contributed by atoms with Gasteiger partial charge in [-0.3, -0.25) is 9.88 Å². The summed E-state index contributed by atoms with van der Waals surface area (Å²) in [5.41, 5.74) is 3.65. The molecule has 2 aliphatic heterocycles. The van der Waals surface area contributed by atoms with E-state index in [4.69, 9.17) is 4.84 Å². The first kappa shape index (κ1) is 24.2. The number of anilines is 1. The van der Waals surface area contributed by atoms with Gasteiger partial charge in [0.25, 0.3) is 0 Å². The van der Waals surface area contributed by atoms with E-state index in [1.54, 1.807) is 25.4 Å². The predicted molar refractivity (Wildman–Crippen MR) is 131 cm³/mol. The molecule has 188 valence electrons. The van der Waals surface area contributed by atoms with Crippen molar-refractivity contribution in [2.75, 3.05) is 37.7 Å². The first-order chi connectivity index (χ1) is 17.4. The molecule has 2 saturated heterocycles. The Hall–Kier alpha value is -3.46. The van der Waals surface area contributed by atoms with Crippen molar-refractivity contribution in [3.63, 3.8) is 0 Å². The van der Waals surface area contributed by atoms with Crippen molar-refractivity contribution < 1.29 is 18.0 Å². The molecule has 4 heterocycles. The van der Waals surface area contributed by atoms with Crippen LogP contribution >= 0.6 is 0 Å². The lowest BCUT2D eigenvalue weighted by molar-refractivity contribution is 0.0723. The quantitative estimate of drug-likeness (QED) is 0.268. The van der Waals surface area contributed by atoms with Gasteiger partial charge in [0.05, 0.1) is 17.6 Å². The zero-order chi connectivity index (χ0) is 25.1. The molecule has 0 aliphatic carbocycles. The zero-order valence-corrected chi connectivity index (χ0v) is 20.1. The molecule has 3 aromatic rings. The topological polar surface area (TPSA) is 53.9 Å². The van der Waals surface area contributed by atoms with Crippen molar-refractivity contribution in [3.8, 4) is 0 Å². The lowest BCUT2D eigenvalue weighted by Crippen LogP contribution is -2.60. The second kappa shape index (κ2) is 10.3. The van der Waals surface area contributed by atoms with Crippen LogP contribution in [0.15, 0.2) is 60.0 Å². The third-order valence-electron chi connectivity index (χ3n) is 7.00. The Labute approximate surface area is 208 Å². The van der Waals surface area contributed by atoms with Crippen molar-refractivity contribution in [1.82, 2.24) is 14.9 Å². The third kappa shape index (κ3) is 5.21. The minimum Gasteiger partial charge on any atom is -0.396 e. The number of halogens is 3. The van der Waals surface area contributed by atoms with Crippen molar-refractivity contribution in [2.45, 2.75) is 26.3 Å². The molecule has 36 heavy (non-hydrogen) atoms. The van der Waals surface area contributed by atoms with Crippen molar-refractivity contribution in [2.24, 2.45) is 10.6 Å². The smallest absolute Gasteiger partial charge is 0.212 e. The summed E-state index contributed by atoms with van der Waals surface area (Å²) in [6.07, 6.45) is 5.63. The largest absolute Gasteiger partial charge is 0.396 e. The van der Waals surface area contributed by atoms with E-state index in [-0.39, 0.29) is 0 Å². The Kier molecular flexibility index (Phi) is 6.91. The molecule has 0 unspecified atom stereocenters. The first-order valence-electron chi connectivity index (χ1n) is 12.1. The molecule has 0 saturated carbocycles. The maximum Gasteiger partial charge on any atom is 0.212 e. The lowest BCUT2D eigenvalue weighted by atomic mass is 9.72. The van der Waals surface area contributed by atoms with Crippen LogP contribution in [-0.2, 0) is 11.4 Å². The van der Waals surface area contributed by atoms with Crippen LogP contribution in [-0.4, -0.2) is 53.4 Å². The van der Waals surface area contributed by atoms with E-state index in [1.807, 2.05) is 12.1 Å². The Morgan fingerprint density at radius 3 is 2.42 bits per heavy atom. The van der Waals surface area contributed by atoms with Crippen LogP contribution < -0.4 is 4.90 Å². The molecule has 9 heteroatoms. The predicted octanol–water partition coefficient (Wildman–Crippen LogP) is 4.79. The number of oxime groups is 1. The minimum absolute atomic E-state index is 0.321. The molecule has 2 aromatic heterocycles. The fourth-order valence-corrected chi connectivity index (χ4v) is 4.94. The second-order valence-electron chi connectivity index (χ2n) is 9.51. The average molecular weight is 496 g/mol. The summed E-state index contributed by atoms with van der Waals surface area (Å²) in [4.78, 5) is 18.2. The van der Waals surface area contributed by atoms with Crippen LogP contribution in [0.5, 0.6) is 0 Å². The molecule has 0 radical (unpaired) electrons. The molecular weight excluding hydrogens is 467 g/mol. The van der Waals surface area contributed by atoms with Crippen molar-refractivity contribution >= 4 is 11.4 Å². The van der Waals surface area contributed by atoms with Crippen molar-refractivity contribution in [3.05, 3.63) is 89.3 Å². The minimum atomic E-state index is -0.944. The average Bonchev–Trinajstić information content (AvgIpc) is 2.87. The van der Waals surface area contributed by atoms with Gasteiger partial charge < -0.3 is 9.74 Å². The molecule has 2 fully saturated rings. The van der Waals surface area contributed by atoms with E-state index in [9.17, 15) is 13.2 Å².